The van der Waals surface area contributed by atoms with Gasteiger partial charge in [-0.25, -0.2) is 0 Å². The van der Waals surface area contributed by atoms with Crippen molar-refractivity contribution < 1.29 is 0 Å². The zero-order valence-electron chi connectivity index (χ0n) is 14.9. The molecule has 0 radical (unpaired) electrons. The summed E-state index contributed by atoms with van der Waals surface area (Å²) in [6.45, 7) is 17.8. The highest BCUT2D eigenvalue weighted by Crippen LogP contribution is 2.35. The fraction of sp³-hybridized carbons (Fsp3) is 1.00. The number of hydrogen-bond donors (Lipinski definition) is 1. The van der Waals surface area contributed by atoms with E-state index in [1.165, 1.54) is 52.0 Å². The maximum atomic E-state index is 4.01. The molecule has 21 heavy (non-hydrogen) atoms. The molecule has 0 aromatic carbocycles. The van der Waals surface area contributed by atoms with Gasteiger partial charge < -0.3 is 15.1 Å². The van der Waals surface area contributed by atoms with Gasteiger partial charge in [-0.1, -0.05) is 20.3 Å². The molecule has 3 unspecified atom stereocenters. The quantitative estimate of drug-likeness (QED) is 0.779. The Bertz CT molecular complexity index is 287. The van der Waals surface area contributed by atoms with E-state index in [9.17, 15) is 0 Å². The third-order valence-corrected chi connectivity index (χ3v) is 5.74. The van der Waals surface area contributed by atoms with Crippen LogP contribution in [-0.2, 0) is 0 Å². The van der Waals surface area contributed by atoms with Gasteiger partial charge >= 0.3 is 0 Å². The number of nitrogens with one attached hydrogen (secondary N) is 1. The summed E-state index contributed by atoms with van der Waals surface area (Å²) >= 11 is 0. The van der Waals surface area contributed by atoms with Gasteiger partial charge in [0.25, 0.3) is 0 Å². The summed E-state index contributed by atoms with van der Waals surface area (Å²) in [4.78, 5) is 5.25. The molecule has 3 atom stereocenters. The van der Waals surface area contributed by atoms with Crippen LogP contribution in [0.3, 0.4) is 0 Å². The van der Waals surface area contributed by atoms with Gasteiger partial charge in [-0.2, -0.15) is 0 Å². The number of rotatable bonds is 7. The largest absolute Gasteiger partial charge is 0.310 e. The normalized spacial score (nSPS) is 31.9. The van der Waals surface area contributed by atoms with Crippen LogP contribution in [0, 0.1) is 11.8 Å². The molecule has 1 saturated heterocycles. The predicted octanol–water partition coefficient (Wildman–Crippen LogP) is 2.82. The van der Waals surface area contributed by atoms with E-state index in [1.54, 1.807) is 0 Å². The Morgan fingerprint density at radius 3 is 2.10 bits per heavy atom. The second-order valence-corrected chi connectivity index (χ2v) is 7.58. The van der Waals surface area contributed by atoms with Crippen molar-refractivity contribution in [1.82, 2.24) is 15.1 Å². The number of hydrogen-bond acceptors (Lipinski definition) is 3. The Balaban J connectivity index is 1.91. The molecule has 2 aliphatic rings. The van der Waals surface area contributed by atoms with Crippen LogP contribution in [-0.4, -0.2) is 60.6 Å². The van der Waals surface area contributed by atoms with E-state index in [0.29, 0.717) is 12.1 Å². The lowest BCUT2D eigenvalue weighted by atomic mass is 9.73. The maximum Gasteiger partial charge on any atom is 0.0169 e. The summed E-state index contributed by atoms with van der Waals surface area (Å²) in [5.41, 5.74) is 0. The summed E-state index contributed by atoms with van der Waals surface area (Å²) in [5, 5.41) is 4.01. The molecule has 2 bridgehead atoms. The fourth-order valence-electron chi connectivity index (χ4n) is 4.42. The summed E-state index contributed by atoms with van der Waals surface area (Å²) in [6, 6.07) is 2.09. The molecular formula is C18H37N3. The zero-order valence-corrected chi connectivity index (χ0v) is 14.9. The van der Waals surface area contributed by atoms with Crippen molar-refractivity contribution in [2.24, 2.45) is 11.8 Å². The average Bonchev–Trinajstić information content (AvgIpc) is 2.44. The Morgan fingerprint density at radius 1 is 1.05 bits per heavy atom. The maximum absolute atomic E-state index is 4.01. The second-order valence-electron chi connectivity index (χ2n) is 7.58. The molecule has 1 aliphatic heterocycles. The Hall–Kier alpha value is -0.120. The molecule has 0 spiro atoms. The van der Waals surface area contributed by atoms with E-state index in [4.69, 9.17) is 0 Å². The Labute approximate surface area is 132 Å². The van der Waals surface area contributed by atoms with E-state index in [-0.39, 0.29) is 0 Å². The van der Waals surface area contributed by atoms with Crippen LogP contribution in [0.25, 0.3) is 0 Å². The van der Waals surface area contributed by atoms with Gasteiger partial charge in [0.05, 0.1) is 0 Å². The van der Waals surface area contributed by atoms with E-state index >= 15 is 0 Å². The first-order valence-corrected chi connectivity index (χ1v) is 9.27. The number of fused-ring (bicyclic) bond motifs is 2. The molecule has 0 aromatic rings. The molecule has 3 nitrogen and oxygen atoms in total. The van der Waals surface area contributed by atoms with Gasteiger partial charge in [-0.15, -0.1) is 0 Å². The lowest BCUT2D eigenvalue weighted by Crippen LogP contribution is -2.60. The zero-order chi connectivity index (χ0) is 15.4. The lowest BCUT2D eigenvalue weighted by Gasteiger charge is -2.50. The van der Waals surface area contributed by atoms with Crippen LogP contribution in [0.2, 0.25) is 0 Å². The first-order chi connectivity index (χ1) is 10.0. The van der Waals surface area contributed by atoms with Crippen molar-refractivity contribution in [3.63, 3.8) is 0 Å². The summed E-state index contributed by atoms with van der Waals surface area (Å²) in [7, 11) is 0. The first kappa shape index (κ1) is 17.2. The fourth-order valence-corrected chi connectivity index (χ4v) is 4.42. The SMILES string of the molecule is CCN(CC)CC(C)NC1C2CCCC1CN(C(C)C)C2. The van der Waals surface area contributed by atoms with Crippen molar-refractivity contribution in [3.05, 3.63) is 0 Å². The predicted molar refractivity (Wildman–Crippen MR) is 91.7 cm³/mol. The lowest BCUT2D eigenvalue weighted by molar-refractivity contribution is 0.0240. The van der Waals surface area contributed by atoms with Gasteiger partial charge in [0.1, 0.15) is 0 Å². The Morgan fingerprint density at radius 2 is 1.62 bits per heavy atom. The monoisotopic (exact) mass is 295 g/mol. The van der Waals surface area contributed by atoms with Gasteiger partial charge in [0, 0.05) is 37.8 Å². The van der Waals surface area contributed by atoms with Gasteiger partial charge in [-0.3, -0.25) is 0 Å². The molecule has 1 N–H and O–H groups in total. The number of nitrogens with zero attached hydrogens (tertiary/aromatic N) is 2. The van der Waals surface area contributed by atoms with Crippen LogP contribution < -0.4 is 5.32 Å². The minimum atomic E-state index is 0.614. The molecule has 1 heterocycles. The molecule has 3 heteroatoms. The highest BCUT2D eigenvalue weighted by atomic mass is 15.2. The molecule has 1 aliphatic carbocycles. The van der Waals surface area contributed by atoms with Crippen molar-refractivity contribution in [1.29, 1.82) is 0 Å². The van der Waals surface area contributed by atoms with Gasteiger partial charge in [0.2, 0.25) is 0 Å². The summed E-state index contributed by atoms with van der Waals surface area (Å²) in [5.74, 6) is 1.75. The van der Waals surface area contributed by atoms with Crippen molar-refractivity contribution >= 4 is 0 Å². The highest BCUT2D eigenvalue weighted by molar-refractivity contribution is 4.96. The van der Waals surface area contributed by atoms with Crippen molar-refractivity contribution in [2.45, 2.75) is 72.0 Å². The van der Waals surface area contributed by atoms with Gasteiger partial charge in [-0.05, 0) is 58.5 Å². The van der Waals surface area contributed by atoms with Crippen LogP contribution in [0.4, 0.5) is 0 Å². The van der Waals surface area contributed by atoms with Crippen molar-refractivity contribution in [2.75, 3.05) is 32.7 Å². The Kier molecular flexibility index (Phi) is 6.51. The van der Waals surface area contributed by atoms with Crippen molar-refractivity contribution in [3.8, 4) is 0 Å². The number of likely N-dealkylation sites (N-methyl/N-ethyl adjacent to an activating group) is 1. The molecule has 2 rings (SSSR count). The van der Waals surface area contributed by atoms with Crippen LogP contribution >= 0.6 is 0 Å². The second kappa shape index (κ2) is 7.94. The van der Waals surface area contributed by atoms with E-state index in [1.807, 2.05) is 0 Å². The average molecular weight is 296 g/mol. The van der Waals surface area contributed by atoms with Crippen LogP contribution in [0.15, 0.2) is 0 Å². The molecule has 2 fully saturated rings. The minimum Gasteiger partial charge on any atom is -0.310 e. The molecule has 0 amide bonds. The smallest absolute Gasteiger partial charge is 0.0169 e. The molecule has 1 saturated carbocycles. The van der Waals surface area contributed by atoms with E-state index < -0.39 is 0 Å². The minimum absolute atomic E-state index is 0.614. The molecule has 124 valence electrons. The number of piperidine rings is 1. The first-order valence-electron chi connectivity index (χ1n) is 9.27. The van der Waals surface area contributed by atoms with E-state index in [2.05, 4.69) is 49.7 Å². The van der Waals surface area contributed by atoms with Crippen LogP contribution in [0.1, 0.15) is 53.9 Å². The topological polar surface area (TPSA) is 18.5 Å². The summed E-state index contributed by atoms with van der Waals surface area (Å²) < 4.78 is 0. The highest BCUT2D eigenvalue weighted by Gasteiger charge is 2.40. The standard InChI is InChI=1S/C18H37N3/c1-6-20(7-2)11-15(5)19-18-16-9-8-10-17(18)13-21(12-16)14(3)4/h14-19H,6-13H2,1-5H3. The third kappa shape index (κ3) is 4.43. The van der Waals surface area contributed by atoms with E-state index in [0.717, 1.165) is 17.9 Å². The van der Waals surface area contributed by atoms with Crippen LogP contribution in [0.5, 0.6) is 0 Å². The summed E-state index contributed by atoms with van der Waals surface area (Å²) in [6.07, 6.45) is 4.30. The van der Waals surface area contributed by atoms with Gasteiger partial charge in [0.15, 0.2) is 0 Å². The number of likely N-dealkylation sites (tertiary alicyclic amines) is 1. The molecule has 0 aromatic heterocycles. The molecular weight excluding hydrogens is 258 g/mol. The third-order valence-electron chi connectivity index (χ3n) is 5.74.